The molecule has 3 amide bonds. The molecule has 3 aromatic heterocycles. The van der Waals surface area contributed by atoms with Gasteiger partial charge in [-0.3, -0.25) is 38.6 Å². The molecule has 1 saturated carbocycles. The molecule has 5 aliphatic heterocycles. The zero-order valence-electron chi connectivity index (χ0n) is 38.2. The van der Waals surface area contributed by atoms with Gasteiger partial charge in [-0.05, 0) is 99.3 Å². The summed E-state index contributed by atoms with van der Waals surface area (Å²) in [5.41, 5.74) is 6.42. The van der Waals surface area contributed by atoms with Crippen LogP contribution in [0.25, 0.3) is 16.7 Å². The molecule has 6 aliphatic rings. The van der Waals surface area contributed by atoms with Crippen molar-refractivity contribution in [1.29, 1.82) is 0 Å². The average molecular weight is 933 g/mol. The summed E-state index contributed by atoms with van der Waals surface area (Å²) in [5, 5.41) is 13.0. The van der Waals surface area contributed by atoms with Crippen LogP contribution in [0.15, 0.2) is 53.5 Å². The number of alkyl halides is 3. The Balaban J connectivity index is 0.692. The third-order valence-corrected chi connectivity index (χ3v) is 15.5. The number of hydrogen-bond donors (Lipinski definition) is 3. The Morgan fingerprint density at radius 2 is 1.74 bits per heavy atom. The summed E-state index contributed by atoms with van der Waals surface area (Å²) in [6, 6.07) is 11.7. The van der Waals surface area contributed by atoms with Gasteiger partial charge in [0.15, 0.2) is 17.2 Å². The predicted octanol–water partition coefficient (Wildman–Crippen LogP) is 4.38. The maximum absolute atomic E-state index is 16.0. The molecule has 3 N–H and O–H groups in total. The fourth-order valence-electron chi connectivity index (χ4n) is 11.4. The molecular formula is C49H55F3N12O4. The monoisotopic (exact) mass is 932 g/mol. The van der Waals surface area contributed by atoms with Crippen molar-refractivity contribution in [2.45, 2.75) is 88.0 Å². The summed E-state index contributed by atoms with van der Waals surface area (Å²) >= 11 is 0. The van der Waals surface area contributed by atoms with Crippen molar-refractivity contribution in [3.8, 4) is 11.8 Å². The first-order chi connectivity index (χ1) is 32.8. The normalized spacial score (nSPS) is 24.8. The summed E-state index contributed by atoms with van der Waals surface area (Å²) in [4.78, 5) is 63.4. The summed E-state index contributed by atoms with van der Waals surface area (Å²) in [5.74, 6) is 3.03. The Hall–Kier alpha value is -6.39. The first-order valence-corrected chi connectivity index (χ1v) is 23.8. The predicted molar refractivity (Wildman–Crippen MR) is 250 cm³/mol. The van der Waals surface area contributed by atoms with Crippen LogP contribution >= 0.6 is 0 Å². The van der Waals surface area contributed by atoms with Crippen LogP contribution in [0.3, 0.4) is 0 Å². The van der Waals surface area contributed by atoms with E-state index in [-0.39, 0.29) is 48.6 Å². The highest BCUT2D eigenvalue weighted by Gasteiger charge is 2.49. The molecule has 1 spiro atoms. The SMILES string of the molecule is CNc1cc(N2CCc3c(C#CCN4CCC(N5CCC6(CCN(c7ccc8c(c7)n(C)c(=O)n8C7CCC(=O)NC7=O)CC6)CC5)C(F)(F)C4)cccc32)nn2c(C(=O)N[C@@H]3C[C@@H]3F)cnc12. The number of imidazole rings is 2. The Labute approximate surface area is 390 Å². The molecule has 0 bridgehead atoms. The largest absolute Gasteiger partial charge is 0.385 e. The van der Waals surface area contributed by atoms with Crippen LogP contribution in [0.1, 0.15) is 79.0 Å². The van der Waals surface area contributed by atoms with Gasteiger partial charge in [0, 0.05) is 76.1 Å². The Bertz CT molecular complexity index is 2970. The maximum Gasteiger partial charge on any atom is 0.329 e. The minimum atomic E-state index is -2.87. The topological polar surface area (TPSA) is 157 Å². The summed E-state index contributed by atoms with van der Waals surface area (Å²) in [6.45, 7) is 4.04. The molecule has 2 unspecified atom stereocenters. The van der Waals surface area contributed by atoms with Crippen LogP contribution in [0.5, 0.6) is 0 Å². The lowest BCUT2D eigenvalue weighted by molar-refractivity contribution is -0.136. The minimum absolute atomic E-state index is 0.109. The van der Waals surface area contributed by atoms with Crippen LogP contribution < -0.4 is 31.4 Å². The van der Waals surface area contributed by atoms with E-state index in [1.807, 2.05) is 47.4 Å². The molecule has 356 valence electrons. The third-order valence-electron chi connectivity index (χ3n) is 15.5. The second-order valence-electron chi connectivity index (χ2n) is 19.5. The lowest BCUT2D eigenvalue weighted by Crippen LogP contribution is -2.60. The summed E-state index contributed by atoms with van der Waals surface area (Å²) in [7, 11) is 3.48. The number of imide groups is 1. The van der Waals surface area contributed by atoms with Crippen LogP contribution in [-0.4, -0.2) is 135 Å². The lowest BCUT2D eigenvalue weighted by Gasteiger charge is -2.51. The number of nitrogens with one attached hydrogen (secondary N) is 3. The van der Waals surface area contributed by atoms with E-state index in [1.165, 1.54) is 15.3 Å². The molecular weight excluding hydrogens is 878 g/mol. The van der Waals surface area contributed by atoms with Crippen LogP contribution in [-0.2, 0) is 23.1 Å². The molecule has 11 rings (SSSR count). The number of piperidine rings is 4. The number of fused-ring (bicyclic) bond motifs is 3. The summed E-state index contributed by atoms with van der Waals surface area (Å²) < 4.78 is 50.2. The summed E-state index contributed by atoms with van der Waals surface area (Å²) in [6.07, 6.45) is 5.97. The third kappa shape index (κ3) is 7.84. The number of carbonyl (C=O) groups is 3. The van der Waals surface area contributed by atoms with Gasteiger partial charge in [-0.25, -0.2) is 27.5 Å². The molecule has 4 saturated heterocycles. The van der Waals surface area contributed by atoms with E-state index in [4.69, 9.17) is 5.10 Å². The molecule has 4 atom stereocenters. The van der Waals surface area contributed by atoms with Gasteiger partial charge in [0.25, 0.3) is 11.8 Å². The van der Waals surface area contributed by atoms with Crippen molar-refractivity contribution in [2.75, 3.05) is 74.5 Å². The highest BCUT2D eigenvalue weighted by molar-refractivity contribution is 6.00. The van der Waals surface area contributed by atoms with E-state index in [9.17, 15) is 23.6 Å². The zero-order valence-corrected chi connectivity index (χ0v) is 38.2. The maximum atomic E-state index is 16.0. The molecule has 5 aromatic rings. The van der Waals surface area contributed by atoms with E-state index in [2.05, 4.69) is 42.6 Å². The molecule has 0 radical (unpaired) electrons. The van der Waals surface area contributed by atoms with Crippen molar-refractivity contribution in [3.63, 3.8) is 0 Å². The molecule has 2 aromatic carbocycles. The molecule has 68 heavy (non-hydrogen) atoms. The first-order valence-electron chi connectivity index (χ1n) is 23.8. The molecule has 1 aliphatic carbocycles. The number of aromatic nitrogens is 5. The number of halogens is 3. The van der Waals surface area contributed by atoms with E-state index in [1.54, 1.807) is 23.6 Å². The average Bonchev–Trinajstić information content (AvgIpc) is 3.61. The number of hydrogen-bond acceptors (Lipinski definition) is 11. The first kappa shape index (κ1) is 44.1. The molecule has 16 nitrogen and oxygen atoms in total. The second kappa shape index (κ2) is 17.0. The highest BCUT2D eigenvalue weighted by Crippen LogP contribution is 2.45. The second-order valence-corrected chi connectivity index (χ2v) is 19.5. The Morgan fingerprint density at radius 1 is 0.956 bits per heavy atom. The van der Waals surface area contributed by atoms with Crippen LogP contribution in [0, 0.1) is 17.3 Å². The molecule has 19 heteroatoms. The van der Waals surface area contributed by atoms with Crippen molar-refractivity contribution < 1.29 is 27.6 Å². The number of benzene rings is 2. The van der Waals surface area contributed by atoms with E-state index < -0.39 is 42.0 Å². The number of carbonyl (C=O) groups excluding carboxylic acids is 3. The van der Waals surface area contributed by atoms with E-state index >= 15 is 8.78 Å². The van der Waals surface area contributed by atoms with Crippen molar-refractivity contribution in [1.82, 2.24) is 44.2 Å². The number of rotatable bonds is 8. The Kier molecular flexibility index (Phi) is 11.0. The van der Waals surface area contributed by atoms with Crippen LogP contribution in [0.2, 0.25) is 0 Å². The fraction of sp³-hybridized carbons (Fsp3) is 0.510. The van der Waals surface area contributed by atoms with Gasteiger partial charge < -0.3 is 20.4 Å². The smallest absolute Gasteiger partial charge is 0.329 e. The van der Waals surface area contributed by atoms with E-state index in [0.29, 0.717) is 68.1 Å². The van der Waals surface area contributed by atoms with Gasteiger partial charge in [-0.1, -0.05) is 17.9 Å². The number of nitrogens with zero attached hydrogens (tertiary/aromatic N) is 9. The van der Waals surface area contributed by atoms with Gasteiger partial charge in [-0.2, -0.15) is 0 Å². The molecule has 5 fully saturated rings. The minimum Gasteiger partial charge on any atom is -0.385 e. The van der Waals surface area contributed by atoms with Crippen LogP contribution in [0.4, 0.5) is 36.1 Å². The van der Waals surface area contributed by atoms with Crippen molar-refractivity contribution >= 4 is 57.3 Å². The fourth-order valence-corrected chi connectivity index (χ4v) is 11.4. The van der Waals surface area contributed by atoms with E-state index in [0.717, 1.165) is 66.8 Å². The Morgan fingerprint density at radius 3 is 2.47 bits per heavy atom. The zero-order chi connectivity index (χ0) is 47.1. The van der Waals surface area contributed by atoms with Crippen molar-refractivity contribution in [2.24, 2.45) is 12.5 Å². The number of likely N-dealkylation sites (tertiary alicyclic amines) is 2. The van der Waals surface area contributed by atoms with Gasteiger partial charge in [0.2, 0.25) is 11.8 Å². The quantitative estimate of drug-likeness (QED) is 0.150. The van der Waals surface area contributed by atoms with Gasteiger partial charge in [0.1, 0.15) is 12.2 Å². The highest BCUT2D eigenvalue weighted by atomic mass is 19.3. The number of amides is 3. The van der Waals surface area contributed by atoms with Crippen molar-refractivity contribution in [3.05, 3.63) is 76.0 Å². The number of aryl methyl sites for hydroxylation is 1. The van der Waals surface area contributed by atoms with Gasteiger partial charge >= 0.3 is 5.69 Å². The lowest BCUT2D eigenvalue weighted by atomic mass is 9.70. The number of anilines is 4. The van der Waals surface area contributed by atoms with Gasteiger partial charge in [0.05, 0.1) is 48.1 Å². The standard InChI is InChI=1S/C49H55F3N12O4/c1-53-35-27-42(57-64-40(28-54-44(35)64)46(67)55-34-26-33(34)50)62-20-12-32-30(5-3-7-36(32)62)6-4-18-59-19-13-41(49(51,52)29-59)61-23-16-48(17-24-61)14-21-60(22-15-48)31-8-9-37-39(25-31)58(2)47(68)63(37)38-10-11-43(65)56-45(38)66/h3,5,7-9,25,27-28,33-34,38,41,53H,10-24,26,29H2,1-2H3,(H,55,67)(H,56,65,66)/t33-,34+,38?,41?/m0/s1. The van der Waals surface area contributed by atoms with Gasteiger partial charge in [-0.15, -0.1) is 5.10 Å². The molecule has 8 heterocycles.